The molecule has 4 heteroatoms. The Morgan fingerprint density at radius 2 is 2.33 bits per heavy atom. The van der Waals surface area contributed by atoms with E-state index in [0.29, 0.717) is 18.8 Å². The van der Waals surface area contributed by atoms with Crippen molar-refractivity contribution in [1.29, 1.82) is 0 Å². The summed E-state index contributed by atoms with van der Waals surface area (Å²) in [6, 6.07) is 5.83. The van der Waals surface area contributed by atoms with E-state index in [1.807, 2.05) is 18.2 Å². The molecule has 0 saturated carbocycles. The molecule has 1 aliphatic rings. The van der Waals surface area contributed by atoms with Crippen molar-refractivity contribution in [3.05, 3.63) is 30.0 Å². The van der Waals surface area contributed by atoms with Crippen molar-refractivity contribution in [3.8, 4) is 5.75 Å². The number of ketones is 1. The van der Waals surface area contributed by atoms with Crippen molar-refractivity contribution >= 4 is 16.7 Å². The predicted octanol–water partition coefficient (Wildman–Crippen LogP) is 3.71. The van der Waals surface area contributed by atoms with Crippen LogP contribution in [0.5, 0.6) is 5.75 Å². The lowest BCUT2D eigenvalue weighted by molar-refractivity contribution is 0.0188. The molecule has 1 aromatic carbocycles. The van der Waals surface area contributed by atoms with Crippen LogP contribution in [-0.4, -0.2) is 30.1 Å². The lowest BCUT2D eigenvalue weighted by Crippen LogP contribution is -2.28. The highest BCUT2D eigenvalue weighted by Crippen LogP contribution is 2.31. The zero-order chi connectivity index (χ0) is 14.7. The Labute approximate surface area is 124 Å². The maximum atomic E-state index is 12.7. The molecule has 21 heavy (non-hydrogen) atoms. The van der Waals surface area contributed by atoms with Crippen LogP contribution >= 0.6 is 0 Å². The Bertz CT molecular complexity index is 626. The number of aromatic nitrogens is 1. The third-order valence-electron chi connectivity index (χ3n) is 3.87. The van der Waals surface area contributed by atoms with Gasteiger partial charge in [0.05, 0.1) is 12.0 Å². The van der Waals surface area contributed by atoms with Crippen LogP contribution in [0.3, 0.4) is 0 Å². The van der Waals surface area contributed by atoms with Crippen molar-refractivity contribution in [2.24, 2.45) is 0 Å². The van der Waals surface area contributed by atoms with Crippen molar-refractivity contribution in [1.82, 2.24) is 4.98 Å². The van der Waals surface area contributed by atoms with Crippen LogP contribution in [0.4, 0.5) is 0 Å². The number of carbonyl (C=O) groups is 1. The Balaban J connectivity index is 1.95. The number of rotatable bonds is 5. The normalized spacial score (nSPS) is 18.8. The van der Waals surface area contributed by atoms with Gasteiger partial charge in [0, 0.05) is 23.9 Å². The monoisotopic (exact) mass is 287 g/mol. The summed E-state index contributed by atoms with van der Waals surface area (Å²) in [4.78, 5) is 15.9. The largest absolute Gasteiger partial charge is 0.493 e. The van der Waals surface area contributed by atoms with E-state index >= 15 is 0 Å². The van der Waals surface area contributed by atoms with Gasteiger partial charge in [-0.1, -0.05) is 13.0 Å². The van der Waals surface area contributed by atoms with Crippen molar-refractivity contribution < 1.29 is 14.3 Å². The van der Waals surface area contributed by atoms with Gasteiger partial charge in [-0.15, -0.1) is 0 Å². The zero-order valence-electron chi connectivity index (χ0n) is 12.4. The predicted molar refractivity (Wildman–Crippen MR) is 82.0 cm³/mol. The van der Waals surface area contributed by atoms with Gasteiger partial charge < -0.3 is 14.5 Å². The summed E-state index contributed by atoms with van der Waals surface area (Å²) in [5.41, 5.74) is 1.62. The summed E-state index contributed by atoms with van der Waals surface area (Å²) in [6.45, 7) is 3.40. The molecule has 3 rings (SSSR count). The van der Waals surface area contributed by atoms with Crippen molar-refractivity contribution in [2.75, 3.05) is 13.2 Å². The molecule has 0 spiro atoms. The summed E-state index contributed by atoms with van der Waals surface area (Å²) < 4.78 is 11.4. The number of ether oxygens (including phenoxy) is 2. The van der Waals surface area contributed by atoms with Crippen molar-refractivity contribution in [3.63, 3.8) is 0 Å². The van der Waals surface area contributed by atoms with Gasteiger partial charge in [0.25, 0.3) is 0 Å². The number of Topliss-reactive ketones (excluding diaryl/α,β-unsaturated/α-hetero) is 1. The minimum Gasteiger partial charge on any atom is -0.493 e. The van der Waals surface area contributed by atoms with E-state index in [4.69, 9.17) is 9.47 Å². The molecular formula is C17H21NO3. The molecule has 0 aliphatic carbocycles. The number of aromatic amines is 1. The molecule has 2 aromatic rings. The van der Waals surface area contributed by atoms with Crippen LogP contribution in [0.25, 0.3) is 10.9 Å². The molecule has 1 aliphatic heterocycles. The van der Waals surface area contributed by atoms with Gasteiger partial charge in [-0.25, -0.2) is 0 Å². The zero-order valence-corrected chi connectivity index (χ0v) is 12.4. The van der Waals surface area contributed by atoms with E-state index in [1.54, 1.807) is 6.20 Å². The molecule has 1 atom stereocenters. The van der Waals surface area contributed by atoms with E-state index in [-0.39, 0.29) is 11.9 Å². The minimum atomic E-state index is -0.308. The lowest BCUT2D eigenvalue weighted by atomic mass is 9.99. The maximum Gasteiger partial charge on any atom is 0.193 e. The third-order valence-corrected chi connectivity index (χ3v) is 3.87. The Kier molecular flexibility index (Phi) is 4.25. The standard InChI is InChI=1S/C17H21NO3/c1-2-9-20-14-8-5-6-13-16(14)12(11-18-13)17(19)15-7-3-4-10-21-15/h5-6,8,11,15,18H,2-4,7,9-10H2,1H3. The molecule has 1 saturated heterocycles. The highest BCUT2D eigenvalue weighted by atomic mass is 16.5. The van der Waals surface area contributed by atoms with Gasteiger partial charge in [-0.3, -0.25) is 4.79 Å². The van der Waals surface area contributed by atoms with Crippen molar-refractivity contribution in [2.45, 2.75) is 38.7 Å². The molecule has 0 bridgehead atoms. The van der Waals surface area contributed by atoms with Gasteiger partial charge >= 0.3 is 0 Å². The molecule has 112 valence electrons. The van der Waals surface area contributed by atoms with Gasteiger partial charge in [0.1, 0.15) is 11.9 Å². The number of carbonyl (C=O) groups excluding carboxylic acids is 1. The summed E-state index contributed by atoms with van der Waals surface area (Å²) in [5, 5.41) is 0.880. The SMILES string of the molecule is CCCOc1cccc2[nH]cc(C(=O)C3CCCCO3)c12. The van der Waals surface area contributed by atoms with Crippen LogP contribution in [0, 0.1) is 0 Å². The molecule has 4 nitrogen and oxygen atoms in total. The highest BCUT2D eigenvalue weighted by molar-refractivity contribution is 6.11. The van der Waals surface area contributed by atoms with E-state index in [1.165, 1.54) is 0 Å². The van der Waals surface area contributed by atoms with Gasteiger partial charge in [0.15, 0.2) is 5.78 Å². The van der Waals surface area contributed by atoms with Crippen LogP contribution < -0.4 is 4.74 Å². The topological polar surface area (TPSA) is 51.3 Å². The van der Waals surface area contributed by atoms with Gasteiger partial charge in [-0.2, -0.15) is 0 Å². The number of hydrogen-bond donors (Lipinski definition) is 1. The average molecular weight is 287 g/mol. The first kappa shape index (κ1) is 14.1. The van der Waals surface area contributed by atoms with Gasteiger partial charge in [-0.05, 0) is 37.8 Å². The molecule has 0 amide bonds. The maximum absolute atomic E-state index is 12.7. The molecule has 0 radical (unpaired) electrons. The average Bonchev–Trinajstić information content (AvgIpc) is 2.97. The number of fused-ring (bicyclic) bond motifs is 1. The first-order valence-corrected chi connectivity index (χ1v) is 7.70. The second-order valence-corrected chi connectivity index (χ2v) is 5.45. The number of hydrogen-bond acceptors (Lipinski definition) is 3. The van der Waals surface area contributed by atoms with E-state index in [9.17, 15) is 4.79 Å². The number of H-pyrrole nitrogens is 1. The van der Waals surface area contributed by atoms with E-state index in [0.717, 1.165) is 42.3 Å². The molecule has 1 fully saturated rings. The van der Waals surface area contributed by atoms with Crippen LogP contribution in [0.1, 0.15) is 43.0 Å². The fourth-order valence-electron chi connectivity index (χ4n) is 2.80. The Morgan fingerprint density at radius 1 is 1.43 bits per heavy atom. The van der Waals surface area contributed by atoms with E-state index < -0.39 is 0 Å². The van der Waals surface area contributed by atoms with Crippen LogP contribution in [-0.2, 0) is 4.74 Å². The summed E-state index contributed by atoms with van der Waals surface area (Å²) in [7, 11) is 0. The van der Waals surface area contributed by atoms with Crippen LogP contribution in [0.15, 0.2) is 24.4 Å². The first-order chi connectivity index (χ1) is 10.3. The number of benzene rings is 1. The van der Waals surface area contributed by atoms with E-state index in [2.05, 4.69) is 11.9 Å². The minimum absolute atomic E-state index is 0.0634. The van der Waals surface area contributed by atoms with Crippen LogP contribution in [0.2, 0.25) is 0 Å². The molecule has 1 aromatic heterocycles. The lowest BCUT2D eigenvalue weighted by Gasteiger charge is -2.21. The quantitative estimate of drug-likeness (QED) is 0.853. The fourth-order valence-corrected chi connectivity index (χ4v) is 2.80. The fraction of sp³-hybridized carbons (Fsp3) is 0.471. The summed E-state index contributed by atoms with van der Waals surface area (Å²) in [6.07, 6.45) is 5.32. The Morgan fingerprint density at radius 3 is 3.10 bits per heavy atom. The smallest absolute Gasteiger partial charge is 0.193 e. The first-order valence-electron chi connectivity index (χ1n) is 7.70. The third kappa shape index (κ3) is 2.81. The highest BCUT2D eigenvalue weighted by Gasteiger charge is 2.26. The molecule has 2 heterocycles. The molecule has 1 N–H and O–H groups in total. The summed E-state index contributed by atoms with van der Waals surface area (Å²) in [5.74, 6) is 0.836. The molecule has 1 unspecified atom stereocenters. The van der Waals surface area contributed by atoms with Gasteiger partial charge in [0.2, 0.25) is 0 Å². The second-order valence-electron chi connectivity index (χ2n) is 5.45. The molecular weight excluding hydrogens is 266 g/mol. The number of nitrogens with one attached hydrogen (secondary N) is 1. The summed E-state index contributed by atoms with van der Waals surface area (Å²) >= 11 is 0. The second kappa shape index (κ2) is 6.31. The Hall–Kier alpha value is -1.81.